The van der Waals surface area contributed by atoms with Gasteiger partial charge in [0.15, 0.2) is 0 Å². The van der Waals surface area contributed by atoms with Crippen molar-refractivity contribution in [3.8, 4) is 0 Å². The minimum atomic E-state index is -2.56. The third kappa shape index (κ3) is 2.79. The van der Waals surface area contributed by atoms with Gasteiger partial charge in [0.2, 0.25) is 11.8 Å². The monoisotopic (exact) mass is 279 g/mol. The topological polar surface area (TPSA) is 57.8 Å². The molecule has 0 unspecified atom stereocenters. The molecule has 1 aromatic heterocycles. The van der Waals surface area contributed by atoms with Crippen LogP contribution in [0.1, 0.15) is 24.8 Å². The Morgan fingerprint density at radius 1 is 1.45 bits per heavy atom. The van der Waals surface area contributed by atoms with E-state index in [9.17, 15) is 13.6 Å². The third-order valence-corrected chi connectivity index (χ3v) is 3.62. The van der Waals surface area contributed by atoms with Crippen molar-refractivity contribution < 1.29 is 13.6 Å². The van der Waals surface area contributed by atoms with Gasteiger partial charge < -0.3 is 10.3 Å². The number of amides is 1. The third-order valence-electron chi connectivity index (χ3n) is 3.62. The summed E-state index contributed by atoms with van der Waals surface area (Å²) in [5, 5.41) is 2.76. The van der Waals surface area contributed by atoms with Crippen LogP contribution in [0.25, 0.3) is 11.0 Å². The molecule has 6 heteroatoms. The van der Waals surface area contributed by atoms with Gasteiger partial charge in [0, 0.05) is 25.8 Å². The molecular weight excluding hydrogens is 264 g/mol. The number of nitrogens with one attached hydrogen (secondary N) is 2. The van der Waals surface area contributed by atoms with Crippen molar-refractivity contribution in [1.82, 2.24) is 15.3 Å². The lowest BCUT2D eigenvalue weighted by Crippen LogP contribution is -2.38. The number of fused-ring (bicyclic) bond motifs is 1. The fourth-order valence-corrected chi connectivity index (χ4v) is 2.56. The Morgan fingerprint density at radius 2 is 2.25 bits per heavy atom. The molecule has 2 aromatic rings. The average molecular weight is 279 g/mol. The van der Waals surface area contributed by atoms with Gasteiger partial charge in [-0.15, -0.1) is 0 Å². The lowest BCUT2D eigenvalue weighted by molar-refractivity contribution is -0.133. The number of aromatic amines is 1. The van der Waals surface area contributed by atoms with E-state index >= 15 is 0 Å². The summed E-state index contributed by atoms with van der Waals surface area (Å²) in [6.07, 6.45) is 1.47. The molecule has 0 spiro atoms. The van der Waals surface area contributed by atoms with E-state index in [4.69, 9.17) is 0 Å². The molecule has 0 saturated heterocycles. The Bertz CT molecular complexity index is 630. The SMILES string of the molecule is O=C(CC1CC(F)(F)C1)NCc1ccc2nc[nH]c2c1. The van der Waals surface area contributed by atoms with E-state index in [-0.39, 0.29) is 31.1 Å². The summed E-state index contributed by atoms with van der Waals surface area (Å²) < 4.78 is 25.3. The van der Waals surface area contributed by atoms with Crippen molar-refractivity contribution in [2.45, 2.75) is 31.7 Å². The molecule has 1 aliphatic carbocycles. The van der Waals surface area contributed by atoms with Gasteiger partial charge in [0.05, 0.1) is 17.4 Å². The minimum Gasteiger partial charge on any atom is -0.352 e. The molecule has 2 N–H and O–H groups in total. The van der Waals surface area contributed by atoms with E-state index in [2.05, 4.69) is 15.3 Å². The van der Waals surface area contributed by atoms with Crippen LogP contribution in [0.4, 0.5) is 8.78 Å². The predicted molar refractivity (Wildman–Crippen MR) is 70.2 cm³/mol. The maximum absolute atomic E-state index is 12.7. The molecule has 0 atom stereocenters. The Hall–Kier alpha value is -1.98. The number of hydrogen-bond donors (Lipinski definition) is 2. The highest BCUT2D eigenvalue weighted by Crippen LogP contribution is 2.43. The number of carbonyl (C=O) groups is 1. The van der Waals surface area contributed by atoms with Crippen LogP contribution in [-0.4, -0.2) is 21.8 Å². The van der Waals surface area contributed by atoms with E-state index in [1.807, 2.05) is 18.2 Å². The molecule has 1 amide bonds. The molecular formula is C14H15F2N3O. The van der Waals surface area contributed by atoms with E-state index < -0.39 is 5.92 Å². The molecule has 1 saturated carbocycles. The van der Waals surface area contributed by atoms with Gasteiger partial charge in [-0.2, -0.15) is 0 Å². The van der Waals surface area contributed by atoms with Crippen molar-refractivity contribution >= 4 is 16.9 Å². The largest absolute Gasteiger partial charge is 0.352 e. The number of aromatic nitrogens is 2. The number of halogens is 2. The fraction of sp³-hybridized carbons (Fsp3) is 0.429. The van der Waals surface area contributed by atoms with Crippen LogP contribution in [-0.2, 0) is 11.3 Å². The molecule has 0 bridgehead atoms. The lowest BCUT2D eigenvalue weighted by atomic mass is 9.79. The lowest BCUT2D eigenvalue weighted by Gasteiger charge is -2.34. The zero-order valence-corrected chi connectivity index (χ0v) is 10.8. The second-order valence-electron chi connectivity index (χ2n) is 5.37. The van der Waals surface area contributed by atoms with E-state index in [0.717, 1.165) is 16.6 Å². The highest BCUT2D eigenvalue weighted by Gasteiger charge is 2.45. The zero-order valence-electron chi connectivity index (χ0n) is 10.8. The van der Waals surface area contributed by atoms with Crippen LogP contribution in [0.5, 0.6) is 0 Å². The number of imidazole rings is 1. The standard InChI is InChI=1S/C14H15F2N3O/c15-14(16)5-10(6-14)4-13(20)17-7-9-1-2-11-12(3-9)19-8-18-11/h1-3,8,10H,4-7H2,(H,17,20)(H,18,19). The predicted octanol–water partition coefficient (Wildman–Crippen LogP) is 2.61. The molecule has 3 rings (SSSR count). The normalized spacial score (nSPS) is 17.9. The van der Waals surface area contributed by atoms with Gasteiger partial charge in [0.25, 0.3) is 0 Å². The molecule has 106 valence electrons. The summed E-state index contributed by atoms with van der Waals surface area (Å²) in [5.41, 5.74) is 2.74. The first-order valence-electron chi connectivity index (χ1n) is 6.58. The van der Waals surface area contributed by atoms with Gasteiger partial charge >= 0.3 is 0 Å². The summed E-state index contributed by atoms with van der Waals surface area (Å²) in [6.45, 7) is 0.400. The number of benzene rings is 1. The molecule has 1 heterocycles. The molecule has 0 radical (unpaired) electrons. The number of alkyl halides is 2. The van der Waals surface area contributed by atoms with E-state index in [1.54, 1.807) is 6.33 Å². The Balaban J connectivity index is 1.50. The van der Waals surface area contributed by atoms with Crippen LogP contribution in [0.15, 0.2) is 24.5 Å². The first kappa shape index (κ1) is 13.0. The molecule has 1 aromatic carbocycles. The summed E-state index contributed by atoms with van der Waals surface area (Å²) in [7, 11) is 0. The van der Waals surface area contributed by atoms with Crippen molar-refractivity contribution in [2.24, 2.45) is 5.92 Å². The molecule has 0 aliphatic heterocycles. The van der Waals surface area contributed by atoms with Crippen molar-refractivity contribution in [3.63, 3.8) is 0 Å². The Labute approximate surface area is 114 Å². The van der Waals surface area contributed by atoms with Gasteiger partial charge in [-0.05, 0) is 23.6 Å². The van der Waals surface area contributed by atoms with Gasteiger partial charge in [0.1, 0.15) is 0 Å². The second kappa shape index (κ2) is 4.85. The highest BCUT2D eigenvalue weighted by molar-refractivity contribution is 5.77. The van der Waals surface area contributed by atoms with Crippen molar-refractivity contribution in [3.05, 3.63) is 30.1 Å². The van der Waals surface area contributed by atoms with Crippen LogP contribution < -0.4 is 5.32 Å². The maximum Gasteiger partial charge on any atom is 0.248 e. The summed E-state index contributed by atoms with van der Waals surface area (Å²) in [4.78, 5) is 18.8. The smallest absolute Gasteiger partial charge is 0.248 e. The quantitative estimate of drug-likeness (QED) is 0.903. The van der Waals surface area contributed by atoms with Crippen LogP contribution >= 0.6 is 0 Å². The molecule has 1 aliphatic rings. The van der Waals surface area contributed by atoms with Crippen molar-refractivity contribution in [1.29, 1.82) is 0 Å². The average Bonchev–Trinajstić information content (AvgIpc) is 2.81. The second-order valence-corrected chi connectivity index (χ2v) is 5.37. The Kier molecular flexibility index (Phi) is 3.16. The van der Waals surface area contributed by atoms with Gasteiger partial charge in [-0.1, -0.05) is 6.07 Å². The van der Waals surface area contributed by atoms with Crippen molar-refractivity contribution in [2.75, 3.05) is 0 Å². The molecule has 1 fully saturated rings. The van der Waals surface area contributed by atoms with Crippen LogP contribution in [0, 0.1) is 5.92 Å². The van der Waals surface area contributed by atoms with Gasteiger partial charge in [-0.3, -0.25) is 4.79 Å². The summed E-state index contributed by atoms with van der Waals surface area (Å²) in [5.74, 6) is -2.91. The number of carbonyl (C=O) groups excluding carboxylic acids is 1. The fourth-order valence-electron chi connectivity index (χ4n) is 2.56. The first-order valence-corrected chi connectivity index (χ1v) is 6.58. The highest BCUT2D eigenvalue weighted by atomic mass is 19.3. The summed E-state index contributed by atoms with van der Waals surface area (Å²) >= 11 is 0. The number of rotatable bonds is 4. The van der Waals surface area contributed by atoms with E-state index in [1.165, 1.54) is 0 Å². The molecule has 4 nitrogen and oxygen atoms in total. The maximum atomic E-state index is 12.7. The number of nitrogens with zero attached hydrogens (tertiary/aromatic N) is 1. The number of hydrogen-bond acceptors (Lipinski definition) is 2. The van der Waals surface area contributed by atoms with Gasteiger partial charge in [-0.25, -0.2) is 13.8 Å². The number of H-pyrrole nitrogens is 1. The van der Waals surface area contributed by atoms with Crippen LogP contribution in [0.3, 0.4) is 0 Å². The first-order chi connectivity index (χ1) is 9.52. The Morgan fingerprint density at radius 3 is 3.00 bits per heavy atom. The van der Waals surface area contributed by atoms with E-state index in [0.29, 0.717) is 6.54 Å². The summed E-state index contributed by atoms with van der Waals surface area (Å²) in [6, 6.07) is 5.68. The minimum absolute atomic E-state index is 0.166. The zero-order chi connectivity index (χ0) is 14.2. The molecule has 20 heavy (non-hydrogen) atoms. The van der Waals surface area contributed by atoms with Crippen LogP contribution in [0.2, 0.25) is 0 Å².